The molecule has 0 atom stereocenters. The molecule has 0 N–H and O–H groups in total. The molecule has 0 amide bonds. The predicted octanol–water partition coefficient (Wildman–Crippen LogP) is 1.33. The average Bonchev–Trinajstić information content (AvgIpc) is 2.05. The molecule has 0 unspecified atom stereocenters. The summed E-state index contributed by atoms with van der Waals surface area (Å²) in [5, 5.41) is 0. The van der Waals surface area contributed by atoms with Crippen LogP contribution in [0.1, 0.15) is 16.7 Å². The van der Waals surface area contributed by atoms with E-state index in [0.29, 0.717) is 12.6 Å². The first-order valence-corrected chi connectivity index (χ1v) is 3.76. The highest BCUT2D eigenvalue weighted by molar-refractivity contribution is 6.09. The van der Waals surface area contributed by atoms with Crippen LogP contribution in [-0.2, 0) is 12.6 Å². The van der Waals surface area contributed by atoms with Crippen molar-refractivity contribution in [3.63, 3.8) is 0 Å². The van der Waals surface area contributed by atoms with Crippen LogP contribution >= 0.6 is 0 Å². The van der Waals surface area contributed by atoms with E-state index in [1.54, 1.807) is 0 Å². The molecule has 0 bridgehead atoms. The van der Waals surface area contributed by atoms with Gasteiger partial charge in [0.15, 0.2) is 0 Å². The molecule has 0 nitrogen and oxygen atoms in total. The van der Waals surface area contributed by atoms with Gasteiger partial charge in [-0.3, -0.25) is 0 Å². The molecule has 1 rings (SSSR count). The summed E-state index contributed by atoms with van der Waals surface area (Å²) < 4.78 is 0. The van der Waals surface area contributed by atoms with Crippen molar-refractivity contribution >= 4 is 15.7 Å². The SMILES string of the molecule is [B]Cc1ccc(C)c(C[B])c1. The van der Waals surface area contributed by atoms with Gasteiger partial charge in [-0.25, -0.2) is 0 Å². The summed E-state index contributed by atoms with van der Waals surface area (Å²) in [5.41, 5.74) is 3.58. The van der Waals surface area contributed by atoms with Crippen molar-refractivity contribution in [3.05, 3.63) is 34.9 Å². The molecule has 0 aliphatic carbocycles. The Morgan fingerprint density at radius 2 is 1.91 bits per heavy atom. The first-order valence-electron chi connectivity index (χ1n) is 3.76. The second-order valence-electron chi connectivity index (χ2n) is 2.67. The van der Waals surface area contributed by atoms with Crippen LogP contribution in [0, 0.1) is 6.92 Å². The van der Waals surface area contributed by atoms with Gasteiger partial charge < -0.3 is 0 Å². The quantitative estimate of drug-likeness (QED) is 0.543. The monoisotopic (exact) mass is 140 g/mol. The molecule has 0 spiro atoms. The van der Waals surface area contributed by atoms with E-state index >= 15 is 0 Å². The van der Waals surface area contributed by atoms with E-state index in [4.69, 9.17) is 15.7 Å². The summed E-state index contributed by atoms with van der Waals surface area (Å²) in [7, 11) is 11.0. The number of benzene rings is 1. The van der Waals surface area contributed by atoms with Crippen molar-refractivity contribution in [3.8, 4) is 0 Å². The zero-order valence-corrected chi connectivity index (χ0v) is 6.80. The van der Waals surface area contributed by atoms with Gasteiger partial charge in [-0.15, -0.1) is 0 Å². The van der Waals surface area contributed by atoms with E-state index in [1.807, 2.05) is 6.07 Å². The zero-order valence-electron chi connectivity index (χ0n) is 6.80. The molecule has 1 aromatic carbocycles. The van der Waals surface area contributed by atoms with Crippen LogP contribution in [0.15, 0.2) is 18.2 Å². The van der Waals surface area contributed by atoms with Crippen LogP contribution < -0.4 is 0 Å². The minimum Gasteiger partial charge on any atom is -0.0643 e. The number of hydrogen-bond acceptors (Lipinski definition) is 0. The van der Waals surface area contributed by atoms with E-state index in [1.165, 1.54) is 11.1 Å². The Balaban J connectivity index is 3.02. The van der Waals surface area contributed by atoms with Crippen LogP contribution in [0.3, 0.4) is 0 Å². The molecule has 0 saturated heterocycles. The number of hydrogen-bond donors (Lipinski definition) is 0. The lowest BCUT2D eigenvalue weighted by atomic mass is 9.89. The first kappa shape index (κ1) is 8.45. The summed E-state index contributed by atoms with van der Waals surface area (Å²) in [5.74, 6) is 0. The highest BCUT2D eigenvalue weighted by Crippen LogP contribution is 2.10. The molecule has 0 aromatic heterocycles. The minimum atomic E-state index is 0.591. The molecule has 4 radical (unpaired) electrons. The maximum Gasteiger partial charge on any atom is 0.0716 e. The van der Waals surface area contributed by atoms with Gasteiger partial charge in [-0.05, 0) is 12.5 Å². The summed E-state index contributed by atoms with van der Waals surface area (Å²) in [4.78, 5) is 0. The Labute approximate surface area is 70.8 Å². The standard InChI is InChI=1S/C9H10B2/c1-7-2-3-8(5-10)4-9(7)6-11/h2-4H,5-6H2,1H3. The molecule has 0 fully saturated rings. The third-order valence-corrected chi connectivity index (χ3v) is 1.87. The van der Waals surface area contributed by atoms with Crippen molar-refractivity contribution in [2.75, 3.05) is 0 Å². The molecule has 0 heterocycles. The van der Waals surface area contributed by atoms with Crippen LogP contribution in [0.2, 0.25) is 0 Å². The Morgan fingerprint density at radius 1 is 1.18 bits per heavy atom. The van der Waals surface area contributed by atoms with Crippen molar-refractivity contribution in [1.82, 2.24) is 0 Å². The maximum absolute atomic E-state index is 5.53. The molecule has 2 heteroatoms. The van der Waals surface area contributed by atoms with Gasteiger partial charge in [0.05, 0.1) is 15.7 Å². The summed E-state index contributed by atoms with van der Waals surface area (Å²) in [6, 6.07) is 6.16. The van der Waals surface area contributed by atoms with Crippen LogP contribution in [-0.4, -0.2) is 15.7 Å². The van der Waals surface area contributed by atoms with Gasteiger partial charge in [0, 0.05) is 0 Å². The molecular formula is C9H10B2. The topological polar surface area (TPSA) is 0 Å². The maximum atomic E-state index is 5.53. The van der Waals surface area contributed by atoms with Gasteiger partial charge in [-0.2, -0.15) is 0 Å². The predicted molar refractivity (Wildman–Crippen MR) is 50.1 cm³/mol. The smallest absolute Gasteiger partial charge is 0.0643 e. The number of rotatable bonds is 2. The molecule has 52 valence electrons. The van der Waals surface area contributed by atoms with Crippen molar-refractivity contribution < 1.29 is 0 Å². The molecule has 0 aliphatic heterocycles. The third-order valence-electron chi connectivity index (χ3n) is 1.87. The summed E-state index contributed by atoms with van der Waals surface area (Å²) in [6.45, 7) is 2.06. The van der Waals surface area contributed by atoms with Gasteiger partial charge in [-0.1, -0.05) is 42.0 Å². The molecule has 0 saturated carbocycles. The number of aryl methyl sites for hydroxylation is 1. The Bertz CT molecular complexity index is 243. The summed E-state index contributed by atoms with van der Waals surface area (Å²) >= 11 is 0. The van der Waals surface area contributed by atoms with Crippen LogP contribution in [0.5, 0.6) is 0 Å². The van der Waals surface area contributed by atoms with Crippen LogP contribution in [0.4, 0.5) is 0 Å². The molecule has 1 aromatic rings. The Kier molecular flexibility index (Phi) is 2.81. The van der Waals surface area contributed by atoms with Gasteiger partial charge >= 0.3 is 0 Å². The van der Waals surface area contributed by atoms with E-state index in [9.17, 15) is 0 Å². The molecule has 11 heavy (non-hydrogen) atoms. The highest BCUT2D eigenvalue weighted by Gasteiger charge is 1.95. The second-order valence-corrected chi connectivity index (χ2v) is 2.67. The van der Waals surface area contributed by atoms with E-state index in [0.717, 1.165) is 5.56 Å². The second kappa shape index (κ2) is 3.66. The van der Waals surface area contributed by atoms with Gasteiger partial charge in [0.2, 0.25) is 0 Å². The first-order chi connectivity index (χ1) is 5.27. The van der Waals surface area contributed by atoms with E-state index in [-0.39, 0.29) is 0 Å². The van der Waals surface area contributed by atoms with Crippen molar-refractivity contribution in [2.24, 2.45) is 0 Å². The Morgan fingerprint density at radius 3 is 2.45 bits per heavy atom. The summed E-state index contributed by atoms with van der Waals surface area (Å²) in [6.07, 6.45) is 1.19. The molecular weight excluding hydrogens is 130 g/mol. The van der Waals surface area contributed by atoms with Crippen molar-refractivity contribution in [2.45, 2.75) is 19.6 Å². The van der Waals surface area contributed by atoms with Gasteiger partial charge in [0.25, 0.3) is 0 Å². The normalized spacial score (nSPS) is 9.91. The van der Waals surface area contributed by atoms with Crippen molar-refractivity contribution in [1.29, 1.82) is 0 Å². The fourth-order valence-electron chi connectivity index (χ4n) is 1.07. The van der Waals surface area contributed by atoms with E-state index in [2.05, 4.69) is 19.1 Å². The lowest BCUT2D eigenvalue weighted by Gasteiger charge is -2.04. The lowest BCUT2D eigenvalue weighted by molar-refractivity contribution is 1.25. The average molecular weight is 140 g/mol. The van der Waals surface area contributed by atoms with Crippen LogP contribution in [0.25, 0.3) is 0 Å². The highest BCUT2D eigenvalue weighted by atomic mass is 14.0. The largest absolute Gasteiger partial charge is 0.0716 e. The fraction of sp³-hybridized carbons (Fsp3) is 0.333. The van der Waals surface area contributed by atoms with Gasteiger partial charge in [0.1, 0.15) is 0 Å². The fourth-order valence-corrected chi connectivity index (χ4v) is 1.07. The van der Waals surface area contributed by atoms with E-state index < -0.39 is 0 Å². The molecule has 0 aliphatic rings. The lowest BCUT2D eigenvalue weighted by Crippen LogP contribution is -1.92. The Hall–Kier alpha value is -0.650. The third kappa shape index (κ3) is 1.89. The minimum absolute atomic E-state index is 0.591. The zero-order chi connectivity index (χ0) is 8.27.